The number of carbonyl (C=O) groups excluding carboxylic acids is 1. The fourth-order valence-corrected chi connectivity index (χ4v) is 0.822. The molecule has 12 heavy (non-hydrogen) atoms. The third-order valence-corrected chi connectivity index (χ3v) is 1.34. The zero-order valence-corrected chi connectivity index (χ0v) is 6.65. The summed E-state index contributed by atoms with van der Waals surface area (Å²) in [6.45, 7) is 0. The summed E-state index contributed by atoms with van der Waals surface area (Å²) in [5.74, 6) is -0.871. The molecule has 1 rings (SSSR count). The highest BCUT2D eigenvalue weighted by Gasteiger charge is 2.08. The molecule has 1 atom stereocenters. The SMILES string of the molecule is O=C(OS(=O)O)c1cccnc1. The van der Waals surface area contributed by atoms with Crippen molar-refractivity contribution in [2.24, 2.45) is 0 Å². The molecule has 1 unspecified atom stereocenters. The Bertz CT molecular complexity index is 300. The van der Waals surface area contributed by atoms with E-state index in [1.807, 2.05) is 0 Å². The van der Waals surface area contributed by atoms with E-state index in [9.17, 15) is 9.00 Å². The lowest BCUT2D eigenvalue weighted by atomic mass is 10.3. The molecule has 0 fully saturated rings. The highest BCUT2D eigenvalue weighted by atomic mass is 32.2. The molecule has 5 nitrogen and oxygen atoms in total. The van der Waals surface area contributed by atoms with E-state index < -0.39 is 17.3 Å². The molecule has 0 saturated carbocycles. The molecule has 0 aliphatic carbocycles. The lowest BCUT2D eigenvalue weighted by molar-refractivity contribution is 0.0743. The predicted molar refractivity (Wildman–Crippen MR) is 40.4 cm³/mol. The van der Waals surface area contributed by atoms with Crippen LogP contribution >= 0.6 is 0 Å². The molecule has 1 heterocycles. The molecule has 0 spiro atoms. The van der Waals surface area contributed by atoms with Crippen LogP contribution in [-0.4, -0.2) is 19.7 Å². The minimum atomic E-state index is -2.57. The molecule has 6 heteroatoms. The Balaban J connectivity index is 2.73. The van der Waals surface area contributed by atoms with Gasteiger partial charge < -0.3 is 4.18 Å². The summed E-state index contributed by atoms with van der Waals surface area (Å²) in [4.78, 5) is 14.5. The minimum Gasteiger partial charge on any atom is -0.339 e. The summed E-state index contributed by atoms with van der Waals surface area (Å²) in [5, 5.41) is 0. The summed E-state index contributed by atoms with van der Waals surface area (Å²) in [6, 6.07) is 2.96. The summed E-state index contributed by atoms with van der Waals surface area (Å²) < 4.78 is 22.2. The first kappa shape index (κ1) is 8.82. The van der Waals surface area contributed by atoms with Gasteiger partial charge in [-0.25, -0.2) is 4.79 Å². The van der Waals surface area contributed by atoms with Crippen LogP contribution in [0.25, 0.3) is 0 Å². The summed E-state index contributed by atoms with van der Waals surface area (Å²) in [6.07, 6.45) is 2.72. The van der Waals surface area contributed by atoms with E-state index in [0.717, 1.165) is 0 Å². The summed E-state index contributed by atoms with van der Waals surface area (Å²) >= 11 is -2.57. The van der Waals surface area contributed by atoms with Crippen LogP contribution in [0.1, 0.15) is 10.4 Å². The second-order valence-corrected chi connectivity index (χ2v) is 2.43. The lowest BCUT2D eigenvalue weighted by Crippen LogP contribution is -2.06. The normalized spacial score (nSPS) is 12.1. The van der Waals surface area contributed by atoms with Crippen molar-refractivity contribution in [1.82, 2.24) is 4.98 Å². The van der Waals surface area contributed by atoms with Gasteiger partial charge in [0.05, 0.1) is 5.56 Å². The van der Waals surface area contributed by atoms with Crippen molar-refractivity contribution in [3.63, 3.8) is 0 Å². The van der Waals surface area contributed by atoms with E-state index >= 15 is 0 Å². The molecule has 64 valence electrons. The van der Waals surface area contributed by atoms with Crippen molar-refractivity contribution in [1.29, 1.82) is 0 Å². The quantitative estimate of drug-likeness (QED) is 0.677. The van der Waals surface area contributed by atoms with Gasteiger partial charge in [-0.3, -0.25) is 9.54 Å². The highest BCUT2D eigenvalue weighted by molar-refractivity contribution is 7.74. The number of rotatable bonds is 2. The lowest BCUT2D eigenvalue weighted by Gasteiger charge is -1.96. The van der Waals surface area contributed by atoms with Crippen molar-refractivity contribution in [2.75, 3.05) is 0 Å². The number of hydrogen-bond donors (Lipinski definition) is 1. The second-order valence-electron chi connectivity index (χ2n) is 1.83. The Labute approximate surface area is 70.9 Å². The molecule has 1 aromatic heterocycles. The first-order valence-corrected chi connectivity index (χ1v) is 3.97. The maximum Gasteiger partial charge on any atom is 0.360 e. The largest absolute Gasteiger partial charge is 0.360 e. The molecule has 0 saturated heterocycles. The average Bonchev–Trinajstić information content (AvgIpc) is 2.05. The Morgan fingerprint density at radius 1 is 1.67 bits per heavy atom. The number of carbonyl (C=O) groups is 1. The fourth-order valence-electron chi connectivity index (χ4n) is 0.596. The van der Waals surface area contributed by atoms with Gasteiger partial charge in [-0.1, -0.05) is 0 Å². The fraction of sp³-hybridized carbons (Fsp3) is 0. The van der Waals surface area contributed by atoms with E-state index in [0.29, 0.717) is 0 Å². The third-order valence-electron chi connectivity index (χ3n) is 1.04. The van der Waals surface area contributed by atoms with Crippen molar-refractivity contribution < 1.29 is 17.7 Å². The van der Waals surface area contributed by atoms with Gasteiger partial charge in [0, 0.05) is 12.4 Å². The molecule has 1 aromatic rings. The molecular weight excluding hydrogens is 182 g/mol. The van der Waals surface area contributed by atoms with Crippen molar-refractivity contribution in [3.05, 3.63) is 30.1 Å². The van der Waals surface area contributed by atoms with Gasteiger partial charge in [-0.15, -0.1) is 0 Å². The van der Waals surface area contributed by atoms with Crippen LogP contribution in [0.5, 0.6) is 0 Å². The molecule has 0 radical (unpaired) electrons. The molecule has 0 aliphatic heterocycles. The van der Waals surface area contributed by atoms with E-state index in [4.69, 9.17) is 4.55 Å². The molecular formula is C6H5NO4S. The standard InChI is InChI=1S/C6H5NO4S/c8-6(11-12(9)10)5-2-1-3-7-4-5/h1-4H,(H,9,10). The van der Waals surface area contributed by atoms with E-state index in [1.54, 1.807) is 0 Å². The smallest absolute Gasteiger partial charge is 0.339 e. The summed E-state index contributed by atoms with van der Waals surface area (Å²) in [7, 11) is 0. The minimum absolute atomic E-state index is 0.139. The van der Waals surface area contributed by atoms with E-state index in [2.05, 4.69) is 9.17 Å². The molecule has 0 amide bonds. The Morgan fingerprint density at radius 2 is 2.42 bits per heavy atom. The van der Waals surface area contributed by atoms with Gasteiger partial charge in [0.1, 0.15) is 0 Å². The van der Waals surface area contributed by atoms with Crippen molar-refractivity contribution in [2.45, 2.75) is 0 Å². The van der Waals surface area contributed by atoms with Gasteiger partial charge in [-0.2, -0.15) is 4.21 Å². The van der Waals surface area contributed by atoms with Gasteiger partial charge >= 0.3 is 17.3 Å². The first-order valence-electron chi connectivity index (χ1n) is 2.93. The maximum absolute atomic E-state index is 10.8. The monoisotopic (exact) mass is 187 g/mol. The Kier molecular flexibility index (Phi) is 2.89. The number of nitrogens with zero attached hydrogens (tertiary/aromatic N) is 1. The average molecular weight is 187 g/mol. The van der Waals surface area contributed by atoms with Crippen LogP contribution < -0.4 is 0 Å². The van der Waals surface area contributed by atoms with Gasteiger partial charge in [0.15, 0.2) is 0 Å². The van der Waals surface area contributed by atoms with E-state index in [-0.39, 0.29) is 5.56 Å². The molecule has 0 aliphatic rings. The van der Waals surface area contributed by atoms with Gasteiger partial charge in [0.25, 0.3) is 0 Å². The van der Waals surface area contributed by atoms with Crippen LogP contribution in [0.15, 0.2) is 24.5 Å². The van der Waals surface area contributed by atoms with Crippen molar-refractivity contribution >= 4 is 17.3 Å². The van der Waals surface area contributed by atoms with Crippen LogP contribution in [0.3, 0.4) is 0 Å². The van der Waals surface area contributed by atoms with Crippen LogP contribution in [0.2, 0.25) is 0 Å². The van der Waals surface area contributed by atoms with Crippen molar-refractivity contribution in [3.8, 4) is 0 Å². The molecule has 0 aromatic carbocycles. The Morgan fingerprint density at radius 3 is 2.92 bits per heavy atom. The zero-order chi connectivity index (χ0) is 8.97. The number of hydrogen-bond acceptors (Lipinski definition) is 4. The predicted octanol–water partition coefficient (Wildman–Crippen LogP) is 0.375. The number of aromatic nitrogens is 1. The highest BCUT2D eigenvalue weighted by Crippen LogP contribution is 1.99. The second kappa shape index (κ2) is 3.93. The number of pyridine rings is 1. The molecule has 0 bridgehead atoms. The molecule has 1 N–H and O–H groups in total. The first-order chi connectivity index (χ1) is 5.70. The Hall–Kier alpha value is -1.27. The topological polar surface area (TPSA) is 76.5 Å². The van der Waals surface area contributed by atoms with E-state index in [1.165, 1.54) is 24.5 Å². The van der Waals surface area contributed by atoms with Crippen LogP contribution in [0, 0.1) is 0 Å². The van der Waals surface area contributed by atoms with Crippen LogP contribution in [0.4, 0.5) is 0 Å². The summed E-state index contributed by atoms with van der Waals surface area (Å²) in [5.41, 5.74) is 0.139. The third kappa shape index (κ3) is 2.40. The van der Waals surface area contributed by atoms with Crippen LogP contribution in [-0.2, 0) is 15.5 Å². The van der Waals surface area contributed by atoms with Gasteiger partial charge in [0.2, 0.25) is 0 Å². The van der Waals surface area contributed by atoms with Gasteiger partial charge in [-0.05, 0) is 12.1 Å². The zero-order valence-electron chi connectivity index (χ0n) is 5.84. The maximum atomic E-state index is 10.8.